The average Bonchev–Trinajstić information content (AvgIpc) is 0.707. The zero-order chi connectivity index (χ0) is 74.9. The highest BCUT2D eigenvalue weighted by atomic mass is 19.2. The molecule has 0 aliphatic rings. The Hall–Kier alpha value is -10.5. The zero-order valence-electron chi connectivity index (χ0n) is 45.9. The van der Waals surface area contributed by atoms with Crippen LogP contribution in [0.1, 0.15) is 5.56 Å². The third-order valence-corrected chi connectivity index (χ3v) is 14.9. The standard InChI is InChI=1S/C61H5F39/c1-4-9(14-44(83)52(91)59(98)53(92)45(14)84)31(70)32(71)10(24(4)63)5-2-6(11-33(72)38(77)20(39(78)34(11)73)22-46(85)54(93)60(99)55(94)47(22)86)26(65)16(25(5)64)17-28(67)15(13-8(62)3-7(27(66)37(13)76)12-35(74)50(89)58(97)51(90)36(12)75)29(68)18(30(17)69)19-40(79)42(81)21(43(82)41(19)80)23-48(87)56(95)61(100)57(96)49(23)88/h2-3H,1H3. The van der Waals surface area contributed by atoms with Crippen LogP contribution in [0.5, 0.6) is 0 Å². The van der Waals surface area contributed by atoms with Gasteiger partial charge in [0, 0.05) is 22.3 Å². The van der Waals surface area contributed by atoms with Gasteiger partial charge in [-0.1, -0.05) is 0 Å². The third-order valence-electron chi connectivity index (χ3n) is 14.9. The SMILES string of the molecule is Cc1c(F)c(-c2cc(-c3c(F)c(F)c(-c4c(F)c(F)c(F)c(F)c4F)c(F)c3F)c(F)c(-c3c(F)c(-c4c(F)cc(-c5c(F)c(F)c(F)c(F)c5F)c(F)c4F)c(F)c(-c4c(F)c(F)c(-c5c(F)c(F)c(F)c(F)c5F)c(F)c4F)c3F)c2F)c(F)c(F)c1-c1c(F)c(F)c(F)c(F)c1F. The van der Waals surface area contributed by atoms with Crippen molar-refractivity contribution < 1.29 is 171 Å². The summed E-state index contributed by atoms with van der Waals surface area (Å²) in [5, 5.41) is 0. The average molecular weight is 1480 g/mol. The first kappa shape index (κ1) is 72.2. The molecule has 100 heavy (non-hydrogen) atoms. The maximum Gasteiger partial charge on any atom is 0.200 e. The zero-order valence-corrected chi connectivity index (χ0v) is 45.9. The number of hydrogen-bond acceptors (Lipinski definition) is 0. The Bertz CT molecular complexity index is 5050. The summed E-state index contributed by atoms with van der Waals surface area (Å²) in [6, 6.07) is -2.31. The maximum absolute atomic E-state index is 17.9. The monoisotopic (exact) mass is 1480 g/mol. The minimum atomic E-state index is -4.04. The first-order valence-electron chi connectivity index (χ1n) is 25.3. The van der Waals surface area contributed by atoms with Crippen molar-refractivity contribution >= 4 is 0 Å². The van der Waals surface area contributed by atoms with Crippen LogP contribution in [0, 0.1) is 234 Å². The molecule has 0 saturated carbocycles. The Morgan fingerprint density at radius 1 is 0.120 bits per heavy atom. The lowest BCUT2D eigenvalue weighted by molar-refractivity contribution is 0.379. The molecule has 0 aliphatic carbocycles. The highest BCUT2D eigenvalue weighted by Crippen LogP contribution is 2.53. The van der Waals surface area contributed by atoms with E-state index in [0.29, 0.717) is 0 Å². The van der Waals surface area contributed by atoms with Crippen LogP contribution >= 0.6 is 0 Å². The summed E-state index contributed by atoms with van der Waals surface area (Å²) in [4.78, 5) is 0. The normalized spacial score (nSPS) is 11.8. The Kier molecular flexibility index (Phi) is 17.9. The Morgan fingerprint density at radius 2 is 0.270 bits per heavy atom. The van der Waals surface area contributed by atoms with Gasteiger partial charge in [0.05, 0.1) is 77.9 Å². The maximum atomic E-state index is 17.9. The molecule has 0 aromatic heterocycles. The van der Waals surface area contributed by atoms with Crippen molar-refractivity contribution in [1.29, 1.82) is 0 Å². The summed E-state index contributed by atoms with van der Waals surface area (Å²) >= 11 is 0. The summed E-state index contributed by atoms with van der Waals surface area (Å²) < 4.78 is 612. The van der Waals surface area contributed by atoms with E-state index in [9.17, 15) is 52.7 Å². The number of halogens is 39. The predicted molar refractivity (Wildman–Crippen MR) is 258 cm³/mol. The molecule has 0 saturated heterocycles. The van der Waals surface area contributed by atoms with Crippen molar-refractivity contribution in [3.63, 3.8) is 0 Å². The van der Waals surface area contributed by atoms with Crippen LogP contribution < -0.4 is 0 Å². The van der Waals surface area contributed by atoms with Crippen molar-refractivity contribution in [3.8, 4) is 100 Å². The van der Waals surface area contributed by atoms with E-state index in [4.69, 9.17) is 0 Å². The molecule has 0 aliphatic heterocycles. The molecule has 0 nitrogen and oxygen atoms in total. The van der Waals surface area contributed by atoms with Crippen molar-refractivity contribution in [2.24, 2.45) is 0 Å². The Morgan fingerprint density at radius 3 is 0.540 bits per heavy atom. The number of hydrogen-bond donors (Lipinski definition) is 0. The molecule has 10 aromatic rings. The molecular weight excluding hydrogens is 1470 g/mol. The highest BCUT2D eigenvalue weighted by molar-refractivity contribution is 5.91. The van der Waals surface area contributed by atoms with Gasteiger partial charge in [-0.3, -0.25) is 0 Å². The van der Waals surface area contributed by atoms with Gasteiger partial charge in [-0.15, -0.1) is 0 Å². The molecule has 0 spiro atoms. The molecular formula is C61H5F39. The van der Waals surface area contributed by atoms with Gasteiger partial charge >= 0.3 is 0 Å². The summed E-state index contributed by atoms with van der Waals surface area (Å²) in [5.41, 5.74) is -59.7. The minimum Gasteiger partial charge on any atom is -0.206 e. The van der Waals surface area contributed by atoms with Gasteiger partial charge < -0.3 is 0 Å². The van der Waals surface area contributed by atoms with Crippen molar-refractivity contribution in [3.05, 3.63) is 245 Å². The van der Waals surface area contributed by atoms with E-state index in [1.54, 1.807) is 0 Å². The molecule has 0 fully saturated rings. The lowest BCUT2D eigenvalue weighted by Gasteiger charge is -2.23. The van der Waals surface area contributed by atoms with Crippen molar-refractivity contribution in [2.45, 2.75) is 6.92 Å². The smallest absolute Gasteiger partial charge is 0.200 e. The van der Waals surface area contributed by atoms with Crippen LogP contribution in [0.3, 0.4) is 0 Å². The van der Waals surface area contributed by atoms with Crippen LogP contribution in [0.2, 0.25) is 0 Å². The predicted octanol–water partition coefficient (Wildman–Crippen LogP) is 22.4. The molecule has 39 heteroatoms. The molecule has 10 rings (SSSR count). The molecule has 0 unspecified atom stereocenters. The van der Waals surface area contributed by atoms with Crippen LogP contribution in [0.15, 0.2) is 12.1 Å². The van der Waals surface area contributed by atoms with Gasteiger partial charge in [0.2, 0.25) is 23.3 Å². The summed E-state index contributed by atoms with van der Waals surface area (Å²) in [5.74, 6) is -135. The molecule has 0 radical (unpaired) electrons. The van der Waals surface area contributed by atoms with Gasteiger partial charge in [-0.05, 0) is 24.6 Å². The second-order valence-corrected chi connectivity index (χ2v) is 20.1. The molecule has 10 aromatic carbocycles. The van der Waals surface area contributed by atoms with Crippen LogP contribution in [0.4, 0.5) is 171 Å². The van der Waals surface area contributed by atoms with E-state index in [2.05, 4.69) is 0 Å². The van der Waals surface area contributed by atoms with Crippen molar-refractivity contribution in [2.75, 3.05) is 0 Å². The van der Waals surface area contributed by atoms with E-state index < -0.39 is 345 Å². The largest absolute Gasteiger partial charge is 0.206 e. The van der Waals surface area contributed by atoms with Gasteiger partial charge in [0.25, 0.3) is 0 Å². The van der Waals surface area contributed by atoms with Crippen molar-refractivity contribution in [1.82, 2.24) is 0 Å². The van der Waals surface area contributed by atoms with E-state index in [1.807, 2.05) is 0 Å². The summed E-state index contributed by atoms with van der Waals surface area (Å²) in [7, 11) is 0. The molecule has 0 amide bonds. The molecule has 0 N–H and O–H groups in total. The molecule has 0 atom stereocenters. The number of rotatable bonds is 9. The summed E-state index contributed by atoms with van der Waals surface area (Å²) in [6.45, 7) is -0.171. The van der Waals surface area contributed by atoms with Crippen LogP contribution in [-0.2, 0) is 0 Å². The molecule has 0 heterocycles. The van der Waals surface area contributed by atoms with Gasteiger partial charge in [-0.2, -0.15) is 0 Å². The van der Waals surface area contributed by atoms with Gasteiger partial charge in [0.1, 0.15) is 40.7 Å². The lowest BCUT2D eigenvalue weighted by atomic mass is 9.84. The molecule has 522 valence electrons. The fraction of sp³-hybridized carbons (Fsp3) is 0.0164. The fourth-order valence-corrected chi connectivity index (χ4v) is 10.3. The highest BCUT2D eigenvalue weighted by Gasteiger charge is 2.45. The summed E-state index contributed by atoms with van der Waals surface area (Å²) in [6.07, 6.45) is 0. The third kappa shape index (κ3) is 9.87. The van der Waals surface area contributed by atoms with Crippen LogP contribution in [0.25, 0.3) is 100 Å². The van der Waals surface area contributed by atoms with Gasteiger partial charge in [-0.25, -0.2) is 171 Å². The lowest BCUT2D eigenvalue weighted by Crippen LogP contribution is -2.14. The second kappa shape index (κ2) is 24.7. The first-order valence-corrected chi connectivity index (χ1v) is 25.3. The second-order valence-electron chi connectivity index (χ2n) is 20.1. The van der Waals surface area contributed by atoms with Gasteiger partial charge in [0.15, 0.2) is 163 Å². The fourth-order valence-electron chi connectivity index (χ4n) is 10.3. The molecule has 0 bridgehead atoms. The first-order chi connectivity index (χ1) is 46.4. The van der Waals surface area contributed by atoms with Crippen LogP contribution in [-0.4, -0.2) is 0 Å². The topological polar surface area (TPSA) is 0 Å². The Balaban J connectivity index is 1.45. The minimum absolute atomic E-state index is 0.171. The van der Waals surface area contributed by atoms with E-state index in [1.165, 1.54) is 0 Å². The Labute approximate surface area is 522 Å². The number of benzene rings is 10. The van der Waals surface area contributed by atoms with E-state index >= 15 is 119 Å². The van der Waals surface area contributed by atoms with E-state index in [0.717, 1.165) is 0 Å². The quantitative estimate of drug-likeness (QED) is 0.0768. The van der Waals surface area contributed by atoms with E-state index in [-0.39, 0.29) is 6.92 Å².